The number of hydrogen-bond donors (Lipinski definition) is 2. The summed E-state index contributed by atoms with van der Waals surface area (Å²) in [5.74, 6) is 0.404. The molecule has 0 saturated heterocycles. The van der Waals surface area contributed by atoms with Crippen LogP contribution in [0.25, 0.3) is 5.57 Å². The molecular weight excluding hydrogens is 654 g/mol. The van der Waals surface area contributed by atoms with Crippen molar-refractivity contribution in [2.45, 2.75) is 77.0 Å². The first kappa shape index (κ1) is 35.7. The summed E-state index contributed by atoms with van der Waals surface area (Å²) >= 11 is 8.22. The highest BCUT2D eigenvalue weighted by Crippen LogP contribution is 2.50. The van der Waals surface area contributed by atoms with Crippen molar-refractivity contribution in [3.63, 3.8) is 0 Å². The lowest BCUT2D eigenvalue weighted by atomic mass is 9.80. The van der Waals surface area contributed by atoms with Gasteiger partial charge in [0.2, 0.25) is 0 Å². The predicted molar refractivity (Wildman–Crippen MR) is 193 cm³/mol. The van der Waals surface area contributed by atoms with Crippen LogP contribution in [0, 0.1) is 0 Å². The maximum atomic E-state index is 11.5. The van der Waals surface area contributed by atoms with E-state index in [1.54, 1.807) is 0 Å². The fourth-order valence-corrected chi connectivity index (χ4v) is 8.44. The third-order valence-corrected chi connectivity index (χ3v) is 11.5. The molecule has 252 valence electrons. The number of anilines is 1. The van der Waals surface area contributed by atoms with Crippen LogP contribution in [0.1, 0.15) is 82.9 Å². The molecule has 2 N–H and O–H groups in total. The van der Waals surface area contributed by atoms with Crippen LogP contribution in [0.2, 0.25) is 0 Å². The minimum Gasteiger partial charge on any atom is -0.344 e. The van der Waals surface area contributed by atoms with Gasteiger partial charge >= 0.3 is 0 Å². The van der Waals surface area contributed by atoms with Crippen molar-refractivity contribution >= 4 is 45.0 Å². The topological polar surface area (TPSA) is 96.3 Å². The molecular formula is C37H44ClNO6S2. The molecule has 0 aromatic heterocycles. The Morgan fingerprint density at radius 1 is 0.957 bits per heavy atom. The van der Waals surface area contributed by atoms with Crippen LogP contribution in [0.15, 0.2) is 100 Å². The minimum atomic E-state index is -4.04. The Morgan fingerprint density at radius 2 is 1.68 bits per heavy atom. The molecule has 0 fully saturated rings. The van der Waals surface area contributed by atoms with E-state index in [4.69, 9.17) is 16.9 Å². The first-order chi connectivity index (χ1) is 22.4. The second kappa shape index (κ2) is 14.9. The highest BCUT2D eigenvalue weighted by molar-refractivity contribution is 7.94. The smallest absolute Gasteiger partial charge is 0.264 e. The van der Waals surface area contributed by atoms with E-state index in [1.807, 2.05) is 12.1 Å². The number of hydrogen-bond acceptors (Lipinski definition) is 7. The van der Waals surface area contributed by atoms with Crippen LogP contribution in [-0.2, 0) is 30.3 Å². The zero-order valence-electron chi connectivity index (χ0n) is 27.5. The van der Waals surface area contributed by atoms with Gasteiger partial charge in [0, 0.05) is 51.6 Å². The molecule has 2 aliphatic carbocycles. The largest absolute Gasteiger partial charge is 0.344 e. The molecule has 10 heteroatoms. The van der Waals surface area contributed by atoms with Crippen molar-refractivity contribution in [3.05, 3.63) is 117 Å². The average molecular weight is 698 g/mol. The first-order valence-corrected chi connectivity index (χ1v) is 19.0. The Kier molecular flexibility index (Phi) is 11.3. The molecule has 0 spiro atoms. The zero-order valence-corrected chi connectivity index (χ0v) is 29.9. The standard InChI is InChI=1S/C37H44ClNO6S2/c1-36(2)30-16-6-5-14-28(30)29(15-10-24-46-45-44-40)31(36)21-19-26-12-9-13-27(35(26)38)20-22-34-37(3,4)32-17-7-8-18-33(32)39(34)23-11-25-47(41,42)43/h5-8,14,16-22,40H,9-13,15,23-25H2,1-4H3,(H,41,42,43)/b21-19+,27-20+,34-22-. The van der Waals surface area contributed by atoms with Gasteiger partial charge in [-0.05, 0) is 89.7 Å². The molecule has 7 nitrogen and oxygen atoms in total. The molecule has 2 aromatic rings. The highest BCUT2D eigenvalue weighted by atomic mass is 35.5. The van der Waals surface area contributed by atoms with Gasteiger partial charge in [0.1, 0.15) is 0 Å². The van der Waals surface area contributed by atoms with Crippen molar-refractivity contribution < 1.29 is 27.6 Å². The fourth-order valence-electron chi connectivity index (χ4n) is 7.26. The Balaban J connectivity index is 1.44. The molecule has 3 aliphatic rings. The third-order valence-electron chi connectivity index (χ3n) is 9.59. The van der Waals surface area contributed by atoms with Crippen LogP contribution in [-0.4, -0.2) is 36.3 Å². The molecule has 0 radical (unpaired) electrons. The summed E-state index contributed by atoms with van der Waals surface area (Å²) in [7, 11) is -4.04. The van der Waals surface area contributed by atoms with Gasteiger partial charge in [0.15, 0.2) is 0 Å². The van der Waals surface area contributed by atoms with Gasteiger partial charge in [-0.15, -0.1) is 4.33 Å². The van der Waals surface area contributed by atoms with Gasteiger partial charge in [-0.2, -0.15) is 8.42 Å². The monoisotopic (exact) mass is 697 g/mol. The van der Waals surface area contributed by atoms with Gasteiger partial charge < -0.3 is 4.90 Å². The maximum absolute atomic E-state index is 11.5. The van der Waals surface area contributed by atoms with E-state index >= 15 is 0 Å². The number of rotatable bonds is 13. The fraction of sp³-hybridized carbons (Fsp3) is 0.405. The molecule has 0 saturated carbocycles. The molecule has 1 heterocycles. The van der Waals surface area contributed by atoms with Crippen LogP contribution in [0.3, 0.4) is 0 Å². The van der Waals surface area contributed by atoms with Crippen molar-refractivity contribution in [1.82, 2.24) is 0 Å². The molecule has 47 heavy (non-hydrogen) atoms. The van der Waals surface area contributed by atoms with Crippen molar-refractivity contribution in [3.8, 4) is 0 Å². The number of fused-ring (bicyclic) bond motifs is 2. The minimum absolute atomic E-state index is 0.160. The molecule has 5 rings (SSSR count). The van der Waals surface area contributed by atoms with Crippen molar-refractivity contribution in [2.24, 2.45) is 0 Å². The quantitative estimate of drug-likeness (QED) is 0.0702. The lowest BCUT2D eigenvalue weighted by Gasteiger charge is -2.27. The summed E-state index contributed by atoms with van der Waals surface area (Å²) in [5, 5.41) is 13.0. The number of benzene rings is 2. The molecule has 0 amide bonds. The Morgan fingerprint density at radius 3 is 2.43 bits per heavy atom. The molecule has 0 atom stereocenters. The second-order valence-corrected chi connectivity index (χ2v) is 16.1. The Hall–Kier alpha value is -2.63. The van der Waals surface area contributed by atoms with E-state index in [0.717, 1.165) is 71.7 Å². The molecule has 1 aliphatic heterocycles. The zero-order chi connectivity index (χ0) is 33.8. The second-order valence-electron chi connectivity index (χ2n) is 13.3. The summed E-state index contributed by atoms with van der Waals surface area (Å²) in [6, 6.07) is 16.8. The lowest BCUT2D eigenvalue weighted by molar-refractivity contribution is -0.432. The van der Waals surface area contributed by atoms with E-state index in [9.17, 15) is 13.0 Å². The SMILES string of the molecule is CC1(C)C(/C=C/C2=C(Cl)C(=C/C=C3\N(CCCS(=O)(=O)O)c4ccccc4C3(C)C)/CCC2)=C(CCCSOOO)c2ccccc21. The predicted octanol–water partition coefficient (Wildman–Crippen LogP) is 9.70. The van der Waals surface area contributed by atoms with Gasteiger partial charge in [-0.3, -0.25) is 4.55 Å². The van der Waals surface area contributed by atoms with Gasteiger partial charge in [-0.25, -0.2) is 5.26 Å². The normalized spacial score (nSPS) is 20.6. The summed E-state index contributed by atoms with van der Waals surface area (Å²) in [6.07, 6.45) is 13.5. The van der Waals surface area contributed by atoms with E-state index < -0.39 is 10.1 Å². The maximum Gasteiger partial charge on any atom is 0.264 e. The number of halogens is 1. The average Bonchev–Trinajstić information content (AvgIpc) is 3.38. The molecule has 0 bridgehead atoms. The van der Waals surface area contributed by atoms with Crippen LogP contribution in [0.5, 0.6) is 0 Å². The lowest BCUT2D eigenvalue weighted by Crippen LogP contribution is -2.28. The molecule has 0 unspecified atom stereocenters. The third kappa shape index (κ3) is 7.83. The van der Waals surface area contributed by atoms with Crippen molar-refractivity contribution in [1.29, 1.82) is 0 Å². The number of nitrogens with zero attached hydrogens (tertiary/aromatic N) is 1. The van der Waals surface area contributed by atoms with Gasteiger partial charge in [0.05, 0.1) is 5.75 Å². The van der Waals surface area contributed by atoms with Crippen molar-refractivity contribution in [2.75, 3.05) is 23.0 Å². The first-order valence-electron chi connectivity index (χ1n) is 16.1. The van der Waals surface area contributed by atoms with Gasteiger partial charge in [0.25, 0.3) is 10.1 Å². The Bertz CT molecular complexity index is 1750. The highest BCUT2D eigenvalue weighted by Gasteiger charge is 2.39. The van der Waals surface area contributed by atoms with E-state index in [2.05, 4.69) is 103 Å². The number of allylic oxidation sites excluding steroid dienone is 10. The summed E-state index contributed by atoms with van der Waals surface area (Å²) in [4.78, 5) is 2.17. The van der Waals surface area contributed by atoms with E-state index in [-0.39, 0.29) is 16.6 Å². The Labute approximate surface area is 288 Å². The summed E-state index contributed by atoms with van der Waals surface area (Å²) in [5.41, 5.74) is 10.3. The van der Waals surface area contributed by atoms with E-state index in [1.165, 1.54) is 27.8 Å². The summed E-state index contributed by atoms with van der Waals surface area (Å²) in [6.45, 7) is 9.39. The summed E-state index contributed by atoms with van der Waals surface area (Å²) < 4.78 is 36.8. The van der Waals surface area contributed by atoms with E-state index in [0.29, 0.717) is 18.7 Å². The van der Waals surface area contributed by atoms with Crippen LogP contribution in [0.4, 0.5) is 5.69 Å². The van der Waals surface area contributed by atoms with Gasteiger partial charge in [-0.1, -0.05) is 105 Å². The molecule has 2 aromatic carbocycles. The van der Waals surface area contributed by atoms with Crippen LogP contribution < -0.4 is 4.90 Å². The number of para-hydroxylation sites is 1. The van der Waals surface area contributed by atoms with Crippen LogP contribution >= 0.6 is 23.6 Å².